The van der Waals surface area contributed by atoms with Gasteiger partial charge in [0.05, 0.1) is 5.60 Å². The van der Waals surface area contributed by atoms with E-state index in [1.165, 1.54) is 6.92 Å². The molecule has 0 aliphatic rings. The fourth-order valence-electron chi connectivity index (χ4n) is 1.86. The summed E-state index contributed by atoms with van der Waals surface area (Å²) in [6.07, 6.45) is 0. The molecule has 0 spiro atoms. The van der Waals surface area contributed by atoms with E-state index in [1.54, 1.807) is 26.0 Å². The molecule has 0 unspecified atom stereocenters. The third-order valence-electron chi connectivity index (χ3n) is 2.29. The summed E-state index contributed by atoms with van der Waals surface area (Å²) in [5, 5.41) is 9.71. The molecule has 1 rings (SSSR count). The average Bonchev–Trinajstić information content (AvgIpc) is 2.17. The summed E-state index contributed by atoms with van der Waals surface area (Å²) in [7, 11) is 1.96. The Morgan fingerprint density at radius 3 is 2.33 bits per heavy atom. The Balaban J connectivity index is 2.55. The van der Waals surface area contributed by atoms with Crippen molar-refractivity contribution in [1.82, 2.24) is 4.90 Å². The van der Waals surface area contributed by atoms with Gasteiger partial charge in [-0.25, -0.2) is 0 Å². The van der Waals surface area contributed by atoms with Crippen LogP contribution >= 0.6 is 0 Å². The van der Waals surface area contributed by atoms with Crippen LogP contribution in [-0.2, 0) is 11.3 Å². The number of carbonyl (C=O) groups is 1. The van der Waals surface area contributed by atoms with Crippen LogP contribution in [0.3, 0.4) is 0 Å². The molecule has 0 bridgehead atoms. The minimum absolute atomic E-state index is 0.318. The van der Waals surface area contributed by atoms with Crippen LogP contribution in [-0.4, -0.2) is 35.2 Å². The van der Waals surface area contributed by atoms with Gasteiger partial charge >= 0.3 is 5.97 Å². The first kappa shape index (κ1) is 14.7. The van der Waals surface area contributed by atoms with Crippen molar-refractivity contribution in [3.05, 3.63) is 29.8 Å². The zero-order valence-electron chi connectivity index (χ0n) is 11.4. The molecule has 18 heavy (non-hydrogen) atoms. The maximum atomic E-state index is 10.8. The Hall–Kier alpha value is -1.39. The van der Waals surface area contributed by atoms with Crippen molar-refractivity contribution in [3.8, 4) is 5.75 Å². The van der Waals surface area contributed by atoms with E-state index >= 15 is 0 Å². The van der Waals surface area contributed by atoms with E-state index in [4.69, 9.17) is 4.74 Å². The van der Waals surface area contributed by atoms with E-state index in [0.717, 1.165) is 12.1 Å². The van der Waals surface area contributed by atoms with Crippen molar-refractivity contribution < 1.29 is 14.6 Å². The highest BCUT2D eigenvalue weighted by Gasteiger charge is 2.15. The van der Waals surface area contributed by atoms with Gasteiger partial charge in [0.25, 0.3) is 0 Å². The summed E-state index contributed by atoms with van der Waals surface area (Å²) in [6.45, 7) is 6.29. The van der Waals surface area contributed by atoms with Crippen LogP contribution in [0.1, 0.15) is 26.3 Å². The Kier molecular flexibility index (Phi) is 4.87. The molecule has 0 atom stereocenters. The van der Waals surface area contributed by atoms with E-state index in [-0.39, 0.29) is 5.97 Å². The third-order valence-corrected chi connectivity index (χ3v) is 2.29. The topological polar surface area (TPSA) is 49.8 Å². The molecule has 1 aromatic carbocycles. The molecule has 0 radical (unpaired) electrons. The van der Waals surface area contributed by atoms with Gasteiger partial charge in [-0.1, -0.05) is 12.1 Å². The minimum atomic E-state index is -0.702. The number of esters is 1. The standard InChI is InChI=1S/C14H21NO3/c1-11(16)18-13-7-5-12(6-8-13)9-15(4)10-14(2,3)17/h5-8,17H,9-10H2,1-4H3. The summed E-state index contributed by atoms with van der Waals surface area (Å²) in [5.41, 5.74) is 0.407. The quantitative estimate of drug-likeness (QED) is 0.640. The smallest absolute Gasteiger partial charge is 0.308 e. The lowest BCUT2D eigenvalue weighted by Crippen LogP contribution is -2.35. The zero-order chi connectivity index (χ0) is 13.8. The molecule has 1 aromatic rings. The van der Waals surface area contributed by atoms with Crippen molar-refractivity contribution in [2.75, 3.05) is 13.6 Å². The highest BCUT2D eigenvalue weighted by atomic mass is 16.5. The van der Waals surface area contributed by atoms with E-state index in [1.807, 2.05) is 24.1 Å². The predicted molar refractivity (Wildman–Crippen MR) is 70.4 cm³/mol. The largest absolute Gasteiger partial charge is 0.427 e. The number of aliphatic hydroxyl groups is 1. The molecular formula is C14H21NO3. The van der Waals surface area contributed by atoms with Crippen molar-refractivity contribution in [2.45, 2.75) is 32.9 Å². The number of likely N-dealkylation sites (N-methyl/N-ethyl adjacent to an activating group) is 1. The molecule has 0 aliphatic carbocycles. The van der Waals surface area contributed by atoms with Gasteiger partial charge in [-0.2, -0.15) is 0 Å². The lowest BCUT2D eigenvalue weighted by atomic mass is 10.1. The summed E-state index contributed by atoms with van der Waals surface area (Å²) < 4.78 is 4.96. The number of rotatable bonds is 5. The molecule has 0 aliphatic heterocycles. The van der Waals surface area contributed by atoms with E-state index in [0.29, 0.717) is 12.3 Å². The van der Waals surface area contributed by atoms with Gasteiger partial charge in [0.15, 0.2) is 0 Å². The SMILES string of the molecule is CC(=O)Oc1ccc(CN(C)CC(C)(C)O)cc1. The number of nitrogens with zero attached hydrogens (tertiary/aromatic N) is 1. The molecule has 0 heterocycles. The zero-order valence-corrected chi connectivity index (χ0v) is 11.4. The average molecular weight is 251 g/mol. The number of ether oxygens (including phenoxy) is 1. The molecule has 0 aromatic heterocycles. The molecule has 0 amide bonds. The normalized spacial score (nSPS) is 11.7. The first-order chi connectivity index (χ1) is 8.26. The highest BCUT2D eigenvalue weighted by Crippen LogP contribution is 2.14. The highest BCUT2D eigenvalue weighted by molar-refractivity contribution is 5.69. The van der Waals surface area contributed by atoms with Gasteiger partial charge in [0.1, 0.15) is 5.75 Å². The molecule has 4 heteroatoms. The Morgan fingerprint density at radius 1 is 1.33 bits per heavy atom. The summed E-state index contributed by atoms with van der Waals surface area (Å²) in [4.78, 5) is 12.8. The van der Waals surface area contributed by atoms with Gasteiger partial charge in [0, 0.05) is 20.0 Å². The van der Waals surface area contributed by atoms with E-state index in [9.17, 15) is 9.90 Å². The van der Waals surface area contributed by atoms with Crippen LogP contribution in [0.25, 0.3) is 0 Å². The van der Waals surface area contributed by atoms with Crippen molar-refractivity contribution in [2.24, 2.45) is 0 Å². The molecule has 0 saturated heterocycles. The first-order valence-electron chi connectivity index (χ1n) is 5.94. The van der Waals surface area contributed by atoms with Crippen LogP contribution in [0, 0.1) is 0 Å². The Morgan fingerprint density at radius 2 is 1.89 bits per heavy atom. The predicted octanol–water partition coefficient (Wildman–Crippen LogP) is 1.81. The molecule has 1 N–H and O–H groups in total. The van der Waals surface area contributed by atoms with E-state index < -0.39 is 5.60 Å². The third kappa shape index (κ3) is 5.80. The Labute approximate surface area is 108 Å². The number of hydrogen-bond donors (Lipinski definition) is 1. The van der Waals surface area contributed by atoms with Crippen molar-refractivity contribution in [1.29, 1.82) is 0 Å². The second-order valence-electron chi connectivity index (χ2n) is 5.22. The van der Waals surface area contributed by atoms with Crippen LogP contribution in [0.5, 0.6) is 5.75 Å². The number of carbonyl (C=O) groups excluding carboxylic acids is 1. The first-order valence-corrected chi connectivity index (χ1v) is 5.94. The maximum absolute atomic E-state index is 10.8. The van der Waals surface area contributed by atoms with Crippen LogP contribution in [0.4, 0.5) is 0 Å². The van der Waals surface area contributed by atoms with Gasteiger partial charge in [-0.15, -0.1) is 0 Å². The molecule has 0 saturated carbocycles. The van der Waals surface area contributed by atoms with Crippen LogP contribution in [0.15, 0.2) is 24.3 Å². The molecule has 4 nitrogen and oxygen atoms in total. The van der Waals surface area contributed by atoms with Gasteiger partial charge in [0.2, 0.25) is 0 Å². The summed E-state index contributed by atoms with van der Waals surface area (Å²) >= 11 is 0. The van der Waals surface area contributed by atoms with Gasteiger partial charge in [-0.05, 0) is 38.6 Å². The second-order valence-corrected chi connectivity index (χ2v) is 5.22. The van der Waals surface area contributed by atoms with E-state index in [2.05, 4.69) is 0 Å². The van der Waals surface area contributed by atoms with Crippen LogP contribution in [0.2, 0.25) is 0 Å². The fraction of sp³-hybridized carbons (Fsp3) is 0.500. The van der Waals surface area contributed by atoms with Gasteiger partial charge < -0.3 is 9.84 Å². The fourth-order valence-corrected chi connectivity index (χ4v) is 1.86. The van der Waals surface area contributed by atoms with Crippen molar-refractivity contribution >= 4 is 5.97 Å². The van der Waals surface area contributed by atoms with Crippen molar-refractivity contribution in [3.63, 3.8) is 0 Å². The molecule has 100 valence electrons. The number of benzene rings is 1. The maximum Gasteiger partial charge on any atom is 0.308 e. The monoisotopic (exact) mass is 251 g/mol. The molecule has 0 fully saturated rings. The summed E-state index contributed by atoms with van der Waals surface area (Å²) in [5.74, 6) is 0.235. The number of hydrogen-bond acceptors (Lipinski definition) is 4. The Bertz CT molecular complexity index is 392. The second kappa shape index (κ2) is 5.98. The lowest BCUT2D eigenvalue weighted by Gasteiger charge is -2.25. The minimum Gasteiger partial charge on any atom is -0.427 e. The van der Waals surface area contributed by atoms with Crippen LogP contribution < -0.4 is 4.74 Å². The summed E-state index contributed by atoms with van der Waals surface area (Å²) in [6, 6.07) is 7.38. The molecular weight excluding hydrogens is 230 g/mol. The lowest BCUT2D eigenvalue weighted by molar-refractivity contribution is -0.131. The van der Waals surface area contributed by atoms with Gasteiger partial charge in [-0.3, -0.25) is 9.69 Å².